The molecule has 0 aliphatic carbocycles. The molecule has 3 rings (SSSR count). The second-order valence-electron chi connectivity index (χ2n) is 5.23. The number of aromatic nitrogens is 1. The number of nitrogens with one attached hydrogen (secondary N) is 1. The molecule has 23 heavy (non-hydrogen) atoms. The molecule has 1 aromatic heterocycles. The van der Waals surface area contributed by atoms with Crippen molar-refractivity contribution >= 4 is 22.4 Å². The van der Waals surface area contributed by atoms with E-state index in [1.165, 1.54) is 5.56 Å². The van der Waals surface area contributed by atoms with Crippen molar-refractivity contribution in [3.8, 4) is 11.8 Å². The van der Waals surface area contributed by atoms with Gasteiger partial charge in [-0.1, -0.05) is 19.1 Å². The highest BCUT2D eigenvalue weighted by Gasteiger charge is 2.08. The van der Waals surface area contributed by atoms with Gasteiger partial charge in [0.2, 0.25) is 0 Å². The lowest BCUT2D eigenvalue weighted by atomic mass is 10.1. The summed E-state index contributed by atoms with van der Waals surface area (Å²) in [5, 5.41) is 13.5. The Bertz CT molecular complexity index is 879. The van der Waals surface area contributed by atoms with Crippen molar-refractivity contribution in [1.29, 1.82) is 5.26 Å². The van der Waals surface area contributed by atoms with Crippen LogP contribution in [0.2, 0.25) is 0 Å². The zero-order valence-corrected chi connectivity index (χ0v) is 13.1. The highest BCUT2D eigenvalue weighted by Crippen LogP contribution is 2.26. The summed E-state index contributed by atoms with van der Waals surface area (Å²) in [4.78, 5) is 4.58. The van der Waals surface area contributed by atoms with Crippen LogP contribution in [-0.4, -0.2) is 12.1 Å². The third-order valence-electron chi connectivity index (χ3n) is 3.77. The van der Waals surface area contributed by atoms with Gasteiger partial charge in [0, 0.05) is 17.1 Å². The number of aryl methyl sites for hydroxylation is 1. The molecule has 3 aromatic rings. The zero-order chi connectivity index (χ0) is 16.2. The van der Waals surface area contributed by atoms with Crippen molar-refractivity contribution in [2.24, 2.45) is 0 Å². The van der Waals surface area contributed by atoms with Gasteiger partial charge in [-0.2, -0.15) is 5.26 Å². The normalized spacial score (nSPS) is 10.3. The van der Waals surface area contributed by atoms with Gasteiger partial charge in [-0.25, -0.2) is 4.98 Å². The molecule has 0 saturated carbocycles. The van der Waals surface area contributed by atoms with Crippen molar-refractivity contribution in [1.82, 2.24) is 4.98 Å². The second-order valence-corrected chi connectivity index (χ2v) is 5.23. The van der Waals surface area contributed by atoms with Crippen LogP contribution in [0.4, 0.5) is 11.5 Å². The number of benzene rings is 2. The molecule has 0 aliphatic rings. The summed E-state index contributed by atoms with van der Waals surface area (Å²) in [6, 6.07) is 17.8. The number of methoxy groups -OCH3 is 1. The van der Waals surface area contributed by atoms with Gasteiger partial charge in [0.15, 0.2) is 0 Å². The summed E-state index contributed by atoms with van der Waals surface area (Å²) < 4.78 is 5.24. The van der Waals surface area contributed by atoms with E-state index in [0.717, 1.165) is 28.8 Å². The first-order valence-corrected chi connectivity index (χ1v) is 7.48. The van der Waals surface area contributed by atoms with E-state index in [-0.39, 0.29) is 0 Å². The van der Waals surface area contributed by atoms with Crippen LogP contribution in [0.5, 0.6) is 5.75 Å². The monoisotopic (exact) mass is 303 g/mol. The predicted octanol–water partition coefficient (Wildman–Crippen LogP) is 4.42. The molecule has 0 radical (unpaired) electrons. The molecule has 2 aromatic carbocycles. The van der Waals surface area contributed by atoms with Crippen LogP contribution in [0.3, 0.4) is 0 Å². The van der Waals surface area contributed by atoms with Crippen LogP contribution in [0.15, 0.2) is 48.5 Å². The molecule has 4 heteroatoms. The Morgan fingerprint density at radius 2 is 1.91 bits per heavy atom. The van der Waals surface area contributed by atoms with Gasteiger partial charge < -0.3 is 10.1 Å². The maximum atomic E-state index is 9.38. The molecule has 0 saturated heterocycles. The van der Waals surface area contributed by atoms with Gasteiger partial charge in [-0.3, -0.25) is 0 Å². The zero-order valence-electron chi connectivity index (χ0n) is 13.1. The predicted molar refractivity (Wildman–Crippen MR) is 92.1 cm³/mol. The number of hydrogen-bond acceptors (Lipinski definition) is 4. The number of fused-ring (bicyclic) bond motifs is 1. The molecule has 0 aliphatic heterocycles. The summed E-state index contributed by atoms with van der Waals surface area (Å²) in [5.74, 6) is 1.30. The summed E-state index contributed by atoms with van der Waals surface area (Å²) in [5.41, 5.74) is 3.49. The van der Waals surface area contributed by atoms with E-state index >= 15 is 0 Å². The van der Waals surface area contributed by atoms with E-state index in [1.807, 2.05) is 36.4 Å². The Morgan fingerprint density at radius 1 is 1.13 bits per heavy atom. The number of anilines is 2. The minimum atomic E-state index is 0.516. The van der Waals surface area contributed by atoms with Crippen LogP contribution >= 0.6 is 0 Å². The van der Waals surface area contributed by atoms with Gasteiger partial charge >= 0.3 is 0 Å². The fourth-order valence-electron chi connectivity index (χ4n) is 2.41. The summed E-state index contributed by atoms with van der Waals surface area (Å²) in [6.07, 6.45) is 0.998. The Kier molecular flexibility index (Phi) is 4.11. The second kappa shape index (κ2) is 6.37. The summed E-state index contributed by atoms with van der Waals surface area (Å²) >= 11 is 0. The topological polar surface area (TPSA) is 57.9 Å². The lowest BCUT2D eigenvalue weighted by molar-refractivity contribution is 0.415. The Hall–Kier alpha value is -3.06. The van der Waals surface area contributed by atoms with Crippen LogP contribution in [-0.2, 0) is 6.42 Å². The summed E-state index contributed by atoms with van der Waals surface area (Å²) in [7, 11) is 1.62. The Morgan fingerprint density at radius 3 is 2.57 bits per heavy atom. The van der Waals surface area contributed by atoms with Gasteiger partial charge in [0.05, 0.1) is 18.2 Å². The lowest BCUT2D eigenvalue weighted by Crippen LogP contribution is -1.98. The standard InChI is InChI=1S/C19H17N3O/c1-3-13-4-7-16(8-5-13)21-19-15(12-20)10-14-6-9-17(23-2)11-18(14)22-19/h4-11H,3H2,1-2H3,(H,21,22). The molecule has 0 spiro atoms. The first-order chi connectivity index (χ1) is 11.2. The molecule has 0 atom stereocenters. The van der Waals surface area contributed by atoms with Crippen LogP contribution in [0.25, 0.3) is 10.9 Å². The van der Waals surface area contributed by atoms with Gasteiger partial charge in [-0.05, 0) is 42.3 Å². The minimum absolute atomic E-state index is 0.516. The van der Waals surface area contributed by atoms with Gasteiger partial charge in [0.25, 0.3) is 0 Å². The van der Waals surface area contributed by atoms with Crippen LogP contribution in [0, 0.1) is 11.3 Å². The molecule has 0 unspecified atom stereocenters. The Balaban J connectivity index is 2.02. The molecular weight excluding hydrogens is 286 g/mol. The van der Waals surface area contributed by atoms with Crippen molar-refractivity contribution in [2.75, 3.05) is 12.4 Å². The maximum absolute atomic E-state index is 9.38. The van der Waals surface area contributed by atoms with Crippen molar-refractivity contribution in [3.63, 3.8) is 0 Å². The van der Waals surface area contributed by atoms with E-state index in [0.29, 0.717) is 11.4 Å². The number of nitriles is 1. The first kappa shape index (κ1) is 14.9. The number of rotatable bonds is 4. The maximum Gasteiger partial charge on any atom is 0.149 e. The van der Waals surface area contributed by atoms with E-state index in [9.17, 15) is 5.26 Å². The van der Waals surface area contributed by atoms with Crippen molar-refractivity contribution < 1.29 is 4.74 Å². The molecule has 1 heterocycles. The SMILES string of the molecule is CCc1ccc(Nc2nc3cc(OC)ccc3cc2C#N)cc1. The van der Waals surface area contributed by atoms with E-state index in [1.54, 1.807) is 7.11 Å². The summed E-state index contributed by atoms with van der Waals surface area (Å²) in [6.45, 7) is 2.12. The van der Waals surface area contributed by atoms with E-state index in [2.05, 4.69) is 35.4 Å². The first-order valence-electron chi connectivity index (χ1n) is 7.48. The van der Waals surface area contributed by atoms with Crippen molar-refractivity contribution in [2.45, 2.75) is 13.3 Å². The highest BCUT2D eigenvalue weighted by molar-refractivity contribution is 5.85. The highest BCUT2D eigenvalue weighted by atomic mass is 16.5. The number of hydrogen-bond donors (Lipinski definition) is 1. The number of nitrogens with zero attached hydrogens (tertiary/aromatic N) is 2. The quantitative estimate of drug-likeness (QED) is 0.775. The van der Waals surface area contributed by atoms with E-state index < -0.39 is 0 Å². The molecule has 0 bridgehead atoms. The smallest absolute Gasteiger partial charge is 0.149 e. The largest absolute Gasteiger partial charge is 0.497 e. The third kappa shape index (κ3) is 3.09. The molecule has 4 nitrogen and oxygen atoms in total. The van der Waals surface area contributed by atoms with E-state index in [4.69, 9.17) is 4.74 Å². The molecule has 1 N–H and O–H groups in total. The molecule has 0 amide bonds. The minimum Gasteiger partial charge on any atom is -0.497 e. The average molecular weight is 303 g/mol. The van der Waals surface area contributed by atoms with Gasteiger partial charge in [-0.15, -0.1) is 0 Å². The number of pyridine rings is 1. The van der Waals surface area contributed by atoms with Gasteiger partial charge in [0.1, 0.15) is 17.6 Å². The molecular formula is C19H17N3O. The molecule has 114 valence electrons. The third-order valence-corrected chi connectivity index (χ3v) is 3.77. The fraction of sp³-hybridized carbons (Fsp3) is 0.158. The average Bonchev–Trinajstić information content (AvgIpc) is 2.61. The molecule has 0 fully saturated rings. The Labute approximate surface area is 135 Å². The van der Waals surface area contributed by atoms with Crippen molar-refractivity contribution in [3.05, 3.63) is 59.7 Å². The lowest BCUT2D eigenvalue weighted by Gasteiger charge is -2.10. The number of ether oxygens (including phenoxy) is 1. The van der Waals surface area contributed by atoms with Crippen LogP contribution < -0.4 is 10.1 Å². The van der Waals surface area contributed by atoms with Crippen LogP contribution in [0.1, 0.15) is 18.1 Å². The fourth-order valence-corrected chi connectivity index (χ4v) is 2.41.